The minimum Gasteiger partial charge on any atom is -0.478 e. The smallest absolute Gasteiger partial charge is 0.339 e. The van der Waals surface area contributed by atoms with Gasteiger partial charge in [-0.2, -0.15) is 0 Å². The molecule has 1 aromatic rings. The lowest BCUT2D eigenvalue weighted by Crippen LogP contribution is -2.35. The maximum atomic E-state index is 11.3. The molecular weight excluding hydrogens is 296 g/mol. The van der Waals surface area contributed by atoms with Gasteiger partial charge in [0, 0.05) is 23.3 Å². The van der Waals surface area contributed by atoms with Crippen LogP contribution in [-0.2, 0) is 0 Å². The number of aromatic nitrogens is 1. The Labute approximate surface area is 115 Å². The van der Waals surface area contributed by atoms with Gasteiger partial charge < -0.3 is 10.0 Å². The van der Waals surface area contributed by atoms with Crippen molar-refractivity contribution >= 4 is 27.7 Å². The number of hydrogen-bond donors (Lipinski definition) is 1. The van der Waals surface area contributed by atoms with E-state index in [0.717, 1.165) is 19.4 Å². The third-order valence-electron chi connectivity index (χ3n) is 3.44. The van der Waals surface area contributed by atoms with Crippen molar-refractivity contribution in [3.05, 3.63) is 22.3 Å². The molecule has 1 heterocycles. The molecule has 0 aromatic carbocycles. The Bertz CT molecular complexity index is 445. The van der Waals surface area contributed by atoms with Crippen molar-refractivity contribution in [3.63, 3.8) is 0 Å². The summed E-state index contributed by atoms with van der Waals surface area (Å²) < 4.78 is 0.700. The third-order valence-corrected chi connectivity index (χ3v) is 3.88. The number of pyridine rings is 1. The lowest BCUT2D eigenvalue weighted by atomic mass is 10.1. The highest BCUT2D eigenvalue weighted by Crippen LogP contribution is 2.30. The summed E-state index contributed by atoms with van der Waals surface area (Å²) in [6, 6.07) is 2.06. The molecule has 0 atom stereocenters. The number of carboxylic acid groups (broad SMARTS) is 1. The number of anilines is 1. The molecule has 4 nitrogen and oxygen atoms in total. The van der Waals surface area contributed by atoms with Crippen LogP contribution < -0.4 is 4.90 Å². The van der Waals surface area contributed by atoms with Crippen molar-refractivity contribution in [2.75, 3.05) is 11.4 Å². The monoisotopic (exact) mass is 312 g/mol. The number of carboxylic acids is 1. The predicted molar refractivity (Wildman–Crippen MR) is 74.2 cm³/mol. The van der Waals surface area contributed by atoms with Gasteiger partial charge in [0.1, 0.15) is 11.4 Å². The van der Waals surface area contributed by atoms with Crippen LogP contribution in [0.25, 0.3) is 0 Å². The van der Waals surface area contributed by atoms with Gasteiger partial charge in [-0.1, -0.05) is 12.8 Å². The van der Waals surface area contributed by atoms with Crippen molar-refractivity contribution < 1.29 is 9.90 Å². The van der Waals surface area contributed by atoms with Gasteiger partial charge in [-0.25, -0.2) is 9.78 Å². The highest BCUT2D eigenvalue weighted by molar-refractivity contribution is 9.10. The number of hydrogen-bond acceptors (Lipinski definition) is 3. The van der Waals surface area contributed by atoms with Crippen LogP contribution in [0.5, 0.6) is 0 Å². The van der Waals surface area contributed by atoms with Crippen molar-refractivity contribution in [2.24, 2.45) is 0 Å². The number of carbonyl (C=O) groups is 1. The Kier molecular flexibility index (Phi) is 4.22. The van der Waals surface area contributed by atoms with E-state index in [-0.39, 0.29) is 5.56 Å². The molecular formula is C13H17BrN2O2. The zero-order valence-electron chi connectivity index (χ0n) is 10.4. The van der Waals surface area contributed by atoms with Crippen molar-refractivity contribution in [2.45, 2.75) is 38.6 Å². The third kappa shape index (κ3) is 2.66. The molecule has 1 N–H and O–H groups in total. The van der Waals surface area contributed by atoms with Gasteiger partial charge in [0.05, 0.1) is 0 Å². The van der Waals surface area contributed by atoms with Crippen molar-refractivity contribution in [1.29, 1.82) is 0 Å². The highest BCUT2D eigenvalue weighted by atomic mass is 79.9. The zero-order valence-corrected chi connectivity index (χ0v) is 12.0. The second-order valence-corrected chi connectivity index (χ2v) is 5.47. The van der Waals surface area contributed by atoms with Crippen LogP contribution in [0.1, 0.15) is 43.0 Å². The van der Waals surface area contributed by atoms with Gasteiger partial charge in [0.15, 0.2) is 0 Å². The minimum atomic E-state index is -0.921. The first-order valence-corrected chi connectivity index (χ1v) is 7.08. The average molecular weight is 313 g/mol. The molecule has 0 unspecified atom stereocenters. The first-order valence-electron chi connectivity index (χ1n) is 6.29. The highest BCUT2D eigenvalue weighted by Gasteiger charge is 2.26. The van der Waals surface area contributed by atoms with E-state index in [1.165, 1.54) is 12.8 Å². The fourth-order valence-electron chi connectivity index (χ4n) is 2.62. The molecule has 1 aromatic heterocycles. The first kappa shape index (κ1) is 13.3. The normalized spacial score (nSPS) is 15.9. The quantitative estimate of drug-likeness (QED) is 0.926. The fraction of sp³-hybridized carbons (Fsp3) is 0.538. The topological polar surface area (TPSA) is 53.4 Å². The number of halogens is 1. The van der Waals surface area contributed by atoms with E-state index in [0.29, 0.717) is 16.3 Å². The Hall–Kier alpha value is -1.10. The number of aromatic carboxylic acids is 1. The van der Waals surface area contributed by atoms with Crippen LogP contribution in [0.2, 0.25) is 0 Å². The fourth-order valence-corrected chi connectivity index (χ4v) is 2.95. The Morgan fingerprint density at radius 2 is 2.22 bits per heavy atom. The molecule has 98 valence electrons. The molecule has 0 spiro atoms. The van der Waals surface area contributed by atoms with E-state index < -0.39 is 5.97 Å². The summed E-state index contributed by atoms with van der Waals surface area (Å²) in [6.07, 6.45) is 6.37. The predicted octanol–water partition coefficient (Wildman–Crippen LogP) is 3.31. The van der Waals surface area contributed by atoms with Gasteiger partial charge in [0.2, 0.25) is 0 Å². The molecule has 5 heteroatoms. The van der Waals surface area contributed by atoms with Crippen LogP contribution in [0, 0.1) is 0 Å². The lowest BCUT2D eigenvalue weighted by Gasteiger charge is -2.29. The maximum absolute atomic E-state index is 11.3. The van der Waals surface area contributed by atoms with Gasteiger partial charge >= 0.3 is 5.97 Å². The summed E-state index contributed by atoms with van der Waals surface area (Å²) in [5.41, 5.74) is 0.276. The summed E-state index contributed by atoms with van der Waals surface area (Å²) in [4.78, 5) is 17.8. The van der Waals surface area contributed by atoms with Gasteiger partial charge in [-0.3, -0.25) is 0 Å². The van der Waals surface area contributed by atoms with Crippen LogP contribution in [0.4, 0.5) is 5.82 Å². The van der Waals surface area contributed by atoms with Crippen LogP contribution in [0.3, 0.4) is 0 Å². The van der Waals surface area contributed by atoms with Crippen LogP contribution in [0.15, 0.2) is 16.7 Å². The molecule has 0 radical (unpaired) electrons. The number of rotatable bonds is 4. The molecule has 0 aliphatic heterocycles. The van der Waals surface area contributed by atoms with Crippen LogP contribution in [-0.4, -0.2) is 28.6 Å². The number of nitrogens with zero attached hydrogens (tertiary/aromatic N) is 2. The van der Waals surface area contributed by atoms with E-state index in [4.69, 9.17) is 0 Å². The molecule has 1 saturated carbocycles. The molecule has 1 aliphatic carbocycles. The molecule has 1 fully saturated rings. The van der Waals surface area contributed by atoms with E-state index in [2.05, 4.69) is 25.8 Å². The molecule has 2 rings (SSSR count). The Balaban J connectivity index is 2.37. The van der Waals surface area contributed by atoms with E-state index in [1.54, 1.807) is 12.3 Å². The molecule has 0 bridgehead atoms. The molecule has 1 aliphatic rings. The van der Waals surface area contributed by atoms with Gasteiger partial charge in [0.25, 0.3) is 0 Å². The van der Waals surface area contributed by atoms with Gasteiger partial charge in [-0.05, 0) is 41.8 Å². The first-order chi connectivity index (χ1) is 8.63. The molecule has 0 amide bonds. The van der Waals surface area contributed by atoms with Crippen molar-refractivity contribution in [3.8, 4) is 0 Å². The lowest BCUT2D eigenvalue weighted by molar-refractivity contribution is 0.0697. The molecule has 0 saturated heterocycles. The zero-order chi connectivity index (χ0) is 13.1. The van der Waals surface area contributed by atoms with E-state index >= 15 is 0 Å². The molecule has 18 heavy (non-hydrogen) atoms. The summed E-state index contributed by atoms with van der Waals surface area (Å²) in [5.74, 6) is -0.324. The average Bonchev–Trinajstić information content (AvgIpc) is 2.85. The summed E-state index contributed by atoms with van der Waals surface area (Å²) in [6.45, 7) is 2.84. The minimum absolute atomic E-state index is 0.276. The largest absolute Gasteiger partial charge is 0.478 e. The SMILES string of the molecule is CCN(c1ncc(Br)cc1C(=O)O)C1CCCC1. The van der Waals surface area contributed by atoms with Crippen molar-refractivity contribution in [1.82, 2.24) is 4.98 Å². The Morgan fingerprint density at radius 1 is 1.56 bits per heavy atom. The van der Waals surface area contributed by atoms with E-state index in [9.17, 15) is 9.90 Å². The second-order valence-electron chi connectivity index (χ2n) is 4.55. The Morgan fingerprint density at radius 3 is 2.78 bits per heavy atom. The summed E-state index contributed by atoms with van der Waals surface area (Å²) in [5, 5.41) is 9.29. The summed E-state index contributed by atoms with van der Waals surface area (Å²) in [7, 11) is 0. The second kappa shape index (κ2) is 5.69. The maximum Gasteiger partial charge on any atom is 0.339 e. The van der Waals surface area contributed by atoms with Crippen LogP contribution >= 0.6 is 15.9 Å². The summed E-state index contributed by atoms with van der Waals surface area (Å²) >= 11 is 3.27. The standard InChI is InChI=1S/C13H17BrN2O2/c1-2-16(10-5-3-4-6-10)12-11(13(17)18)7-9(14)8-15-12/h7-8,10H,2-6H2,1H3,(H,17,18). The van der Waals surface area contributed by atoms with Gasteiger partial charge in [-0.15, -0.1) is 0 Å². The van der Waals surface area contributed by atoms with E-state index in [1.807, 2.05) is 6.92 Å².